The van der Waals surface area contributed by atoms with E-state index < -0.39 is 0 Å². The highest BCUT2D eigenvalue weighted by Crippen LogP contribution is 2.23. The molecule has 0 aliphatic heterocycles. The van der Waals surface area contributed by atoms with Crippen molar-refractivity contribution < 1.29 is 0 Å². The molecule has 0 fully saturated rings. The third-order valence-electron chi connectivity index (χ3n) is 2.10. The van der Waals surface area contributed by atoms with Crippen LogP contribution in [-0.4, -0.2) is 10.2 Å². The van der Waals surface area contributed by atoms with Crippen LogP contribution in [0.1, 0.15) is 5.69 Å². The van der Waals surface area contributed by atoms with Crippen molar-refractivity contribution in [2.24, 2.45) is 0 Å². The Balaban J connectivity index is 2.05. The molecular formula is C11H11BrN4. The first-order chi connectivity index (χ1) is 7.75. The zero-order chi connectivity index (χ0) is 11.4. The lowest BCUT2D eigenvalue weighted by atomic mass is 10.2. The highest BCUT2D eigenvalue weighted by Gasteiger charge is 2.00. The Bertz CT molecular complexity index is 473. The lowest BCUT2D eigenvalue weighted by Crippen LogP contribution is -2.04. The summed E-state index contributed by atoms with van der Waals surface area (Å²) in [5.41, 5.74) is 8.34. The number of anilines is 2. The van der Waals surface area contributed by atoms with E-state index in [1.807, 2.05) is 30.3 Å². The minimum absolute atomic E-state index is 0.611. The van der Waals surface area contributed by atoms with E-state index in [0.29, 0.717) is 12.2 Å². The number of hydrogen-bond donors (Lipinski definition) is 2. The minimum atomic E-state index is 0.611. The van der Waals surface area contributed by atoms with Gasteiger partial charge in [-0.2, -0.15) is 10.2 Å². The van der Waals surface area contributed by atoms with Crippen molar-refractivity contribution in [2.45, 2.75) is 6.54 Å². The van der Waals surface area contributed by atoms with Gasteiger partial charge >= 0.3 is 0 Å². The van der Waals surface area contributed by atoms with E-state index in [-0.39, 0.29) is 0 Å². The zero-order valence-corrected chi connectivity index (χ0v) is 10.1. The number of hydrogen-bond acceptors (Lipinski definition) is 4. The van der Waals surface area contributed by atoms with Crippen molar-refractivity contribution in [3.63, 3.8) is 0 Å². The number of nitrogens with two attached hydrogens (primary N) is 1. The molecule has 3 N–H and O–H groups in total. The third-order valence-corrected chi connectivity index (χ3v) is 2.59. The van der Waals surface area contributed by atoms with Crippen molar-refractivity contribution >= 4 is 27.3 Å². The molecule has 0 amide bonds. The Morgan fingerprint density at radius 2 is 2.19 bits per heavy atom. The standard InChI is InChI=1S/C11H11BrN4/c12-8-3-4-11(10(13)6-8)14-7-9-2-1-5-15-16-9/h1-6,14H,7,13H2. The number of rotatable bonds is 3. The van der Waals surface area contributed by atoms with Crippen molar-refractivity contribution in [3.8, 4) is 0 Å². The normalized spacial score (nSPS) is 10.1. The molecule has 2 rings (SSSR count). The number of benzene rings is 1. The largest absolute Gasteiger partial charge is 0.397 e. The first kappa shape index (κ1) is 10.9. The summed E-state index contributed by atoms with van der Waals surface area (Å²) >= 11 is 3.36. The average molecular weight is 279 g/mol. The van der Waals surface area contributed by atoms with Crippen molar-refractivity contribution in [3.05, 3.63) is 46.7 Å². The fraction of sp³-hybridized carbons (Fsp3) is 0.0909. The molecule has 0 bridgehead atoms. The fourth-order valence-electron chi connectivity index (χ4n) is 1.31. The van der Waals surface area contributed by atoms with Crippen LogP contribution in [0.5, 0.6) is 0 Å². The molecule has 16 heavy (non-hydrogen) atoms. The molecule has 0 atom stereocenters. The van der Waals surface area contributed by atoms with Gasteiger partial charge in [-0.1, -0.05) is 15.9 Å². The molecule has 0 unspecified atom stereocenters. The van der Waals surface area contributed by atoms with Gasteiger partial charge in [0.15, 0.2) is 0 Å². The van der Waals surface area contributed by atoms with Gasteiger partial charge in [0.2, 0.25) is 0 Å². The molecule has 1 aromatic heterocycles. The van der Waals surface area contributed by atoms with Gasteiger partial charge in [-0.3, -0.25) is 0 Å². The van der Waals surface area contributed by atoms with Gasteiger partial charge in [-0.25, -0.2) is 0 Å². The highest BCUT2D eigenvalue weighted by atomic mass is 79.9. The lowest BCUT2D eigenvalue weighted by Gasteiger charge is -2.08. The van der Waals surface area contributed by atoms with E-state index in [0.717, 1.165) is 15.9 Å². The third kappa shape index (κ3) is 2.70. The average Bonchev–Trinajstić information content (AvgIpc) is 2.29. The Labute approximate surface area is 102 Å². The maximum Gasteiger partial charge on any atom is 0.0821 e. The van der Waals surface area contributed by atoms with E-state index in [4.69, 9.17) is 5.73 Å². The van der Waals surface area contributed by atoms with Crippen LogP contribution in [0.15, 0.2) is 41.0 Å². The topological polar surface area (TPSA) is 63.8 Å². The lowest BCUT2D eigenvalue weighted by molar-refractivity contribution is 0.925. The maximum atomic E-state index is 5.86. The first-order valence-corrected chi connectivity index (χ1v) is 5.60. The molecule has 0 aliphatic carbocycles. The van der Waals surface area contributed by atoms with Crippen LogP contribution in [0.4, 0.5) is 11.4 Å². The van der Waals surface area contributed by atoms with E-state index in [2.05, 4.69) is 31.4 Å². The monoisotopic (exact) mass is 278 g/mol. The molecule has 82 valence electrons. The van der Waals surface area contributed by atoms with Crippen LogP contribution in [0.25, 0.3) is 0 Å². The second-order valence-corrected chi connectivity index (χ2v) is 4.22. The molecule has 1 heterocycles. The summed E-state index contributed by atoms with van der Waals surface area (Å²) in [7, 11) is 0. The Morgan fingerprint density at radius 1 is 1.31 bits per heavy atom. The molecule has 4 nitrogen and oxygen atoms in total. The Morgan fingerprint density at radius 3 is 2.88 bits per heavy atom. The van der Waals surface area contributed by atoms with Crippen LogP contribution >= 0.6 is 15.9 Å². The quantitative estimate of drug-likeness (QED) is 0.847. The van der Waals surface area contributed by atoms with Gasteiger partial charge in [0.25, 0.3) is 0 Å². The summed E-state index contributed by atoms with van der Waals surface area (Å²) in [6.45, 7) is 0.611. The molecule has 2 aromatic rings. The number of nitrogen functional groups attached to an aromatic ring is 1. The Kier molecular flexibility index (Phi) is 3.36. The summed E-state index contributed by atoms with van der Waals surface area (Å²) < 4.78 is 0.968. The summed E-state index contributed by atoms with van der Waals surface area (Å²) in [5, 5.41) is 11.0. The first-order valence-electron chi connectivity index (χ1n) is 4.81. The zero-order valence-electron chi connectivity index (χ0n) is 8.52. The van der Waals surface area contributed by atoms with E-state index in [9.17, 15) is 0 Å². The minimum Gasteiger partial charge on any atom is -0.397 e. The van der Waals surface area contributed by atoms with E-state index in [1.54, 1.807) is 6.20 Å². The van der Waals surface area contributed by atoms with Gasteiger partial charge < -0.3 is 11.1 Å². The predicted octanol–water partition coefficient (Wildman–Crippen LogP) is 2.43. The van der Waals surface area contributed by atoms with Crippen LogP contribution in [0.2, 0.25) is 0 Å². The van der Waals surface area contributed by atoms with Crippen LogP contribution in [0.3, 0.4) is 0 Å². The molecule has 0 spiro atoms. The van der Waals surface area contributed by atoms with E-state index in [1.165, 1.54) is 0 Å². The van der Waals surface area contributed by atoms with Crippen molar-refractivity contribution in [1.29, 1.82) is 0 Å². The second-order valence-electron chi connectivity index (χ2n) is 3.30. The second kappa shape index (κ2) is 4.94. The van der Waals surface area contributed by atoms with Crippen molar-refractivity contribution in [1.82, 2.24) is 10.2 Å². The molecule has 0 saturated heterocycles. The number of nitrogens with one attached hydrogen (secondary N) is 1. The summed E-state index contributed by atoms with van der Waals surface area (Å²) in [6.07, 6.45) is 1.65. The van der Waals surface area contributed by atoms with Gasteiger partial charge in [-0.15, -0.1) is 0 Å². The van der Waals surface area contributed by atoms with Gasteiger partial charge in [0.1, 0.15) is 0 Å². The van der Waals surface area contributed by atoms with Gasteiger partial charge in [0, 0.05) is 10.7 Å². The molecular weight excluding hydrogens is 268 g/mol. The summed E-state index contributed by atoms with van der Waals surface area (Å²) in [6, 6.07) is 9.49. The smallest absolute Gasteiger partial charge is 0.0821 e. The maximum absolute atomic E-state index is 5.86. The van der Waals surface area contributed by atoms with Gasteiger partial charge in [0.05, 0.1) is 23.6 Å². The predicted molar refractivity (Wildman–Crippen MR) is 67.9 cm³/mol. The summed E-state index contributed by atoms with van der Waals surface area (Å²) in [5.74, 6) is 0. The van der Waals surface area contributed by atoms with Crippen LogP contribution in [0, 0.1) is 0 Å². The molecule has 0 aliphatic rings. The van der Waals surface area contributed by atoms with E-state index >= 15 is 0 Å². The SMILES string of the molecule is Nc1cc(Br)ccc1NCc1cccnn1. The molecule has 5 heteroatoms. The fourth-order valence-corrected chi connectivity index (χ4v) is 1.69. The van der Waals surface area contributed by atoms with Crippen molar-refractivity contribution in [2.75, 3.05) is 11.1 Å². The molecule has 1 aromatic carbocycles. The molecule has 0 saturated carbocycles. The number of aromatic nitrogens is 2. The van der Waals surface area contributed by atoms with Gasteiger partial charge in [-0.05, 0) is 30.3 Å². The number of nitrogens with zero attached hydrogens (tertiary/aromatic N) is 2. The highest BCUT2D eigenvalue weighted by molar-refractivity contribution is 9.10. The number of halogens is 1. The summed E-state index contributed by atoms with van der Waals surface area (Å²) in [4.78, 5) is 0. The Hall–Kier alpha value is -1.62. The van der Waals surface area contributed by atoms with Crippen LogP contribution < -0.4 is 11.1 Å². The van der Waals surface area contributed by atoms with Crippen LogP contribution in [-0.2, 0) is 6.54 Å². The molecule has 0 radical (unpaired) electrons.